The molecule has 1 amide bonds. The summed E-state index contributed by atoms with van der Waals surface area (Å²) in [6, 6.07) is 0.290. The van der Waals surface area contributed by atoms with Crippen molar-refractivity contribution in [3.63, 3.8) is 0 Å². The van der Waals surface area contributed by atoms with Crippen molar-refractivity contribution in [2.24, 2.45) is 0 Å². The van der Waals surface area contributed by atoms with Crippen LogP contribution in [0, 0.1) is 0 Å². The Labute approximate surface area is 135 Å². The van der Waals surface area contributed by atoms with Crippen LogP contribution < -0.4 is 4.90 Å². The molecule has 4 rings (SSSR count). The van der Waals surface area contributed by atoms with Gasteiger partial charge in [0.15, 0.2) is 5.82 Å². The zero-order valence-electron chi connectivity index (χ0n) is 13.4. The minimum absolute atomic E-state index is 0.290. The maximum absolute atomic E-state index is 12.3. The van der Waals surface area contributed by atoms with Crippen LogP contribution in [0.2, 0.25) is 0 Å². The van der Waals surface area contributed by atoms with Gasteiger partial charge in [0.1, 0.15) is 5.60 Å². The standard InChI is InChI=1S/C16H22N4O3/c1-19-6-2-3-13(19)12-9-17-10-14(18-12)20-11-16(23-15(20)21)4-7-22-8-5-16/h9-10,13H,2-8,11H2,1H3/t13-/m1/s1. The summed E-state index contributed by atoms with van der Waals surface area (Å²) in [6.07, 6.45) is 6.88. The molecule has 0 aliphatic carbocycles. The van der Waals surface area contributed by atoms with Crippen LogP contribution in [0.4, 0.5) is 10.6 Å². The summed E-state index contributed by atoms with van der Waals surface area (Å²) < 4.78 is 11.1. The molecule has 1 atom stereocenters. The Morgan fingerprint density at radius 3 is 2.87 bits per heavy atom. The van der Waals surface area contributed by atoms with Gasteiger partial charge in [-0.3, -0.25) is 14.8 Å². The smallest absolute Gasteiger partial charge is 0.416 e. The molecule has 3 saturated heterocycles. The lowest BCUT2D eigenvalue weighted by molar-refractivity contribution is -0.0431. The van der Waals surface area contributed by atoms with Gasteiger partial charge in [0.25, 0.3) is 0 Å². The first kappa shape index (κ1) is 14.8. The number of carbonyl (C=O) groups is 1. The Hall–Kier alpha value is -1.73. The lowest BCUT2D eigenvalue weighted by atomic mass is 9.94. The molecule has 3 aliphatic rings. The van der Waals surface area contributed by atoms with Crippen molar-refractivity contribution in [1.29, 1.82) is 0 Å². The Balaban J connectivity index is 1.57. The predicted octanol–water partition coefficient (Wildman–Crippen LogP) is 1.75. The first-order valence-electron chi connectivity index (χ1n) is 8.27. The van der Waals surface area contributed by atoms with Gasteiger partial charge >= 0.3 is 6.09 Å². The normalized spacial score (nSPS) is 27.6. The first-order valence-corrected chi connectivity index (χ1v) is 8.27. The van der Waals surface area contributed by atoms with E-state index in [9.17, 15) is 4.79 Å². The van der Waals surface area contributed by atoms with E-state index in [1.54, 1.807) is 11.1 Å². The van der Waals surface area contributed by atoms with Crippen LogP contribution in [0.1, 0.15) is 37.4 Å². The summed E-state index contributed by atoms with van der Waals surface area (Å²) in [4.78, 5) is 25.3. The highest BCUT2D eigenvalue weighted by Gasteiger charge is 2.47. The molecule has 0 bridgehead atoms. The lowest BCUT2D eigenvalue weighted by Gasteiger charge is -2.30. The van der Waals surface area contributed by atoms with Crippen molar-refractivity contribution < 1.29 is 14.3 Å². The largest absolute Gasteiger partial charge is 0.440 e. The van der Waals surface area contributed by atoms with E-state index in [1.165, 1.54) is 6.42 Å². The Bertz CT molecular complexity index is 603. The fraction of sp³-hybridized carbons (Fsp3) is 0.688. The van der Waals surface area contributed by atoms with E-state index >= 15 is 0 Å². The number of anilines is 1. The molecule has 1 aromatic rings. The molecular weight excluding hydrogens is 296 g/mol. The first-order chi connectivity index (χ1) is 11.2. The molecule has 124 valence electrons. The lowest BCUT2D eigenvalue weighted by Crippen LogP contribution is -2.40. The molecule has 0 unspecified atom stereocenters. The topological polar surface area (TPSA) is 67.8 Å². The number of rotatable bonds is 2. The highest BCUT2D eigenvalue weighted by Crippen LogP contribution is 2.35. The Morgan fingerprint density at radius 1 is 1.30 bits per heavy atom. The number of amides is 1. The van der Waals surface area contributed by atoms with Gasteiger partial charge in [0, 0.05) is 12.8 Å². The third-order valence-corrected chi connectivity index (χ3v) is 5.15. The quantitative estimate of drug-likeness (QED) is 0.827. The molecule has 4 heterocycles. The molecule has 1 aromatic heterocycles. The van der Waals surface area contributed by atoms with Crippen molar-refractivity contribution in [3.05, 3.63) is 18.1 Å². The van der Waals surface area contributed by atoms with Crippen molar-refractivity contribution in [3.8, 4) is 0 Å². The number of carbonyl (C=O) groups excluding carboxylic acids is 1. The van der Waals surface area contributed by atoms with Gasteiger partial charge in [-0.15, -0.1) is 0 Å². The minimum Gasteiger partial charge on any atom is -0.440 e. The molecule has 0 N–H and O–H groups in total. The Morgan fingerprint density at radius 2 is 2.13 bits per heavy atom. The second-order valence-corrected chi connectivity index (χ2v) is 6.69. The third kappa shape index (κ3) is 2.68. The molecule has 7 nitrogen and oxygen atoms in total. The van der Waals surface area contributed by atoms with Crippen molar-refractivity contribution in [1.82, 2.24) is 14.9 Å². The van der Waals surface area contributed by atoms with Gasteiger partial charge in [-0.25, -0.2) is 9.78 Å². The fourth-order valence-electron chi connectivity index (χ4n) is 3.75. The van der Waals surface area contributed by atoms with Gasteiger partial charge in [-0.1, -0.05) is 0 Å². The molecule has 0 saturated carbocycles. The predicted molar refractivity (Wildman–Crippen MR) is 83.2 cm³/mol. The van der Waals surface area contributed by atoms with Crippen LogP contribution in [-0.4, -0.2) is 59.9 Å². The molecular formula is C16H22N4O3. The maximum atomic E-state index is 12.3. The third-order valence-electron chi connectivity index (χ3n) is 5.15. The summed E-state index contributed by atoms with van der Waals surface area (Å²) in [5.41, 5.74) is 0.514. The SMILES string of the molecule is CN1CCC[C@@H]1c1cncc(N2CC3(CCOCC3)OC2=O)n1. The molecule has 0 aromatic carbocycles. The zero-order chi connectivity index (χ0) is 15.9. The van der Waals surface area contributed by atoms with E-state index in [-0.39, 0.29) is 12.1 Å². The Kier molecular flexibility index (Phi) is 3.69. The van der Waals surface area contributed by atoms with Crippen molar-refractivity contribution in [2.45, 2.75) is 37.3 Å². The molecule has 3 aliphatic heterocycles. The average molecular weight is 318 g/mol. The van der Waals surface area contributed by atoms with E-state index < -0.39 is 5.60 Å². The number of hydrogen-bond acceptors (Lipinski definition) is 6. The molecule has 0 radical (unpaired) electrons. The number of aromatic nitrogens is 2. The summed E-state index contributed by atoms with van der Waals surface area (Å²) in [7, 11) is 2.10. The van der Waals surface area contributed by atoms with E-state index in [1.807, 2.05) is 6.20 Å². The highest BCUT2D eigenvalue weighted by atomic mass is 16.6. The van der Waals surface area contributed by atoms with Gasteiger partial charge in [-0.2, -0.15) is 0 Å². The monoisotopic (exact) mass is 318 g/mol. The van der Waals surface area contributed by atoms with E-state index in [0.29, 0.717) is 25.6 Å². The molecule has 1 spiro atoms. The van der Waals surface area contributed by atoms with Crippen molar-refractivity contribution >= 4 is 11.9 Å². The van der Waals surface area contributed by atoms with Crippen LogP contribution in [0.25, 0.3) is 0 Å². The number of nitrogens with zero attached hydrogens (tertiary/aromatic N) is 4. The van der Waals surface area contributed by atoms with Crippen LogP contribution in [0.3, 0.4) is 0 Å². The fourth-order valence-corrected chi connectivity index (χ4v) is 3.75. The second kappa shape index (κ2) is 5.72. The number of likely N-dealkylation sites (tertiary alicyclic amines) is 1. The van der Waals surface area contributed by atoms with Gasteiger partial charge in [0.05, 0.1) is 43.9 Å². The summed E-state index contributed by atoms with van der Waals surface area (Å²) in [5.74, 6) is 0.594. The second-order valence-electron chi connectivity index (χ2n) is 6.69. The van der Waals surface area contributed by atoms with E-state index in [0.717, 1.165) is 31.5 Å². The minimum atomic E-state index is -0.419. The number of hydrogen-bond donors (Lipinski definition) is 0. The molecule has 7 heteroatoms. The zero-order valence-corrected chi connectivity index (χ0v) is 13.4. The van der Waals surface area contributed by atoms with Crippen molar-refractivity contribution in [2.75, 3.05) is 38.3 Å². The van der Waals surface area contributed by atoms with Crippen LogP contribution in [0.5, 0.6) is 0 Å². The van der Waals surface area contributed by atoms with Crippen LogP contribution >= 0.6 is 0 Å². The van der Waals surface area contributed by atoms with Gasteiger partial charge in [0.2, 0.25) is 0 Å². The maximum Gasteiger partial charge on any atom is 0.416 e. The molecule has 23 heavy (non-hydrogen) atoms. The summed E-state index contributed by atoms with van der Waals surface area (Å²) in [6.45, 7) is 2.89. The van der Waals surface area contributed by atoms with Crippen LogP contribution in [0.15, 0.2) is 12.4 Å². The van der Waals surface area contributed by atoms with Crippen LogP contribution in [-0.2, 0) is 9.47 Å². The molecule has 3 fully saturated rings. The van der Waals surface area contributed by atoms with E-state index in [4.69, 9.17) is 14.5 Å². The van der Waals surface area contributed by atoms with E-state index in [2.05, 4.69) is 16.9 Å². The summed E-state index contributed by atoms with van der Waals surface area (Å²) in [5, 5.41) is 0. The van der Waals surface area contributed by atoms with Gasteiger partial charge in [-0.05, 0) is 26.4 Å². The average Bonchev–Trinajstić information content (AvgIpc) is 3.12. The highest BCUT2D eigenvalue weighted by molar-refractivity contribution is 5.89. The summed E-state index contributed by atoms with van der Waals surface area (Å²) >= 11 is 0. The number of ether oxygens (including phenoxy) is 2. The van der Waals surface area contributed by atoms with Gasteiger partial charge < -0.3 is 9.47 Å².